The maximum Gasteiger partial charge on any atom is 0.416 e. The van der Waals surface area contributed by atoms with Crippen LogP contribution in [-0.2, 0) is 11.0 Å². The van der Waals surface area contributed by atoms with Gasteiger partial charge in [0.25, 0.3) is 0 Å². The Kier molecular flexibility index (Phi) is 5.65. The Bertz CT molecular complexity index is 867. The Morgan fingerprint density at radius 1 is 1.21 bits per heavy atom. The molecule has 0 spiro atoms. The second-order valence-corrected chi connectivity index (χ2v) is 7.18. The highest BCUT2D eigenvalue weighted by atomic mass is 19.4. The van der Waals surface area contributed by atoms with Gasteiger partial charge >= 0.3 is 6.18 Å². The fourth-order valence-corrected chi connectivity index (χ4v) is 3.64. The molecule has 4 nitrogen and oxygen atoms in total. The number of hydrogen-bond acceptors (Lipinski definition) is 3. The van der Waals surface area contributed by atoms with E-state index in [0.717, 1.165) is 11.6 Å². The lowest BCUT2D eigenvalue weighted by Crippen LogP contribution is -2.25. The highest BCUT2D eigenvalue weighted by Crippen LogP contribution is 2.37. The molecule has 3 rings (SSSR count). The molecule has 7 heteroatoms. The van der Waals surface area contributed by atoms with Gasteiger partial charge in [-0.25, -0.2) is 0 Å². The van der Waals surface area contributed by atoms with Crippen molar-refractivity contribution < 1.29 is 22.7 Å². The lowest BCUT2D eigenvalue weighted by Gasteiger charge is -2.20. The molecule has 1 fully saturated rings. The minimum atomic E-state index is -4.38. The summed E-state index contributed by atoms with van der Waals surface area (Å²) in [5, 5.41) is 2.93. The number of amides is 1. The summed E-state index contributed by atoms with van der Waals surface area (Å²) in [5.74, 6) is 0.279. The van der Waals surface area contributed by atoms with Gasteiger partial charge in [-0.3, -0.25) is 9.69 Å². The van der Waals surface area contributed by atoms with Crippen molar-refractivity contribution in [3.63, 3.8) is 0 Å². The quantitative estimate of drug-likeness (QED) is 0.823. The van der Waals surface area contributed by atoms with E-state index in [9.17, 15) is 18.0 Å². The van der Waals surface area contributed by atoms with Crippen LogP contribution in [0.3, 0.4) is 0 Å². The number of anilines is 1. The van der Waals surface area contributed by atoms with Gasteiger partial charge in [-0.05, 0) is 61.9 Å². The Hall–Kier alpha value is -2.54. The number of halogens is 3. The number of rotatable bonds is 4. The molecule has 0 radical (unpaired) electrons. The van der Waals surface area contributed by atoms with Gasteiger partial charge in [0.15, 0.2) is 0 Å². The van der Waals surface area contributed by atoms with Crippen molar-refractivity contribution in [1.29, 1.82) is 0 Å². The lowest BCUT2D eigenvalue weighted by atomic mass is 9.97. The summed E-state index contributed by atoms with van der Waals surface area (Å²) in [5.41, 5.74) is 1.50. The average Bonchev–Trinajstić information content (AvgIpc) is 3.04. The number of hydrogen-bond donors (Lipinski definition) is 1. The van der Waals surface area contributed by atoms with Crippen molar-refractivity contribution in [2.45, 2.75) is 25.6 Å². The minimum absolute atomic E-state index is 0.130. The third-order valence-electron chi connectivity index (χ3n) is 5.21. The third-order valence-corrected chi connectivity index (χ3v) is 5.21. The van der Waals surface area contributed by atoms with Crippen molar-refractivity contribution in [3.05, 3.63) is 59.2 Å². The van der Waals surface area contributed by atoms with E-state index in [2.05, 4.69) is 5.32 Å². The molecule has 0 aliphatic carbocycles. The maximum absolute atomic E-state index is 13.0. The standard InChI is InChI=1S/C21H23F3N2O2/c1-13-9-17(28-3)7-8-18(13)25-20(27)15-11-19(26(2)12-15)14-5-4-6-16(10-14)21(22,23)24/h4-10,15,19H,11-12H2,1-3H3,(H,25,27)/t15-,19+/m1/s1. The van der Waals surface area contributed by atoms with Crippen molar-refractivity contribution >= 4 is 11.6 Å². The largest absolute Gasteiger partial charge is 0.497 e. The third kappa shape index (κ3) is 4.30. The number of carbonyl (C=O) groups excluding carboxylic acids is 1. The average molecular weight is 392 g/mol. The summed E-state index contributed by atoms with van der Waals surface area (Å²) >= 11 is 0. The monoisotopic (exact) mass is 392 g/mol. The van der Waals surface area contributed by atoms with E-state index < -0.39 is 11.7 Å². The van der Waals surface area contributed by atoms with Crippen LogP contribution in [0.5, 0.6) is 5.75 Å². The SMILES string of the molecule is COc1ccc(NC(=O)[C@@H]2C[C@@H](c3cccc(C(F)(F)F)c3)N(C)C2)c(C)c1. The molecule has 1 N–H and O–H groups in total. The number of benzene rings is 2. The summed E-state index contributed by atoms with van der Waals surface area (Å²) in [6.07, 6.45) is -3.91. The molecular weight excluding hydrogens is 369 g/mol. The topological polar surface area (TPSA) is 41.6 Å². The van der Waals surface area contributed by atoms with E-state index in [1.807, 2.05) is 24.9 Å². The Balaban J connectivity index is 1.72. The predicted octanol–water partition coefficient (Wildman–Crippen LogP) is 4.65. The molecule has 1 aliphatic heterocycles. The van der Waals surface area contributed by atoms with Gasteiger partial charge in [-0.1, -0.05) is 12.1 Å². The van der Waals surface area contributed by atoms with E-state index in [0.29, 0.717) is 30.0 Å². The number of carbonyl (C=O) groups is 1. The zero-order valence-electron chi connectivity index (χ0n) is 16.0. The minimum Gasteiger partial charge on any atom is -0.497 e. The summed E-state index contributed by atoms with van der Waals surface area (Å²) in [6.45, 7) is 2.37. The summed E-state index contributed by atoms with van der Waals surface area (Å²) < 4.78 is 44.2. The number of nitrogens with zero attached hydrogens (tertiary/aromatic N) is 1. The van der Waals surface area contributed by atoms with E-state index in [-0.39, 0.29) is 17.9 Å². The zero-order chi connectivity index (χ0) is 20.5. The molecule has 28 heavy (non-hydrogen) atoms. The number of aryl methyl sites for hydroxylation is 1. The molecule has 2 aromatic carbocycles. The number of nitrogens with one attached hydrogen (secondary N) is 1. The van der Waals surface area contributed by atoms with Gasteiger partial charge in [-0.2, -0.15) is 13.2 Å². The molecule has 0 aromatic heterocycles. The van der Waals surface area contributed by atoms with Crippen LogP contribution in [0.25, 0.3) is 0 Å². The molecule has 150 valence electrons. The molecular formula is C21H23F3N2O2. The first-order valence-corrected chi connectivity index (χ1v) is 9.02. The van der Waals surface area contributed by atoms with Crippen LogP contribution >= 0.6 is 0 Å². The lowest BCUT2D eigenvalue weighted by molar-refractivity contribution is -0.137. The van der Waals surface area contributed by atoms with Crippen LogP contribution in [0.2, 0.25) is 0 Å². The molecule has 0 saturated carbocycles. The number of ether oxygens (including phenoxy) is 1. The second-order valence-electron chi connectivity index (χ2n) is 7.18. The first-order chi connectivity index (χ1) is 13.2. The van der Waals surface area contributed by atoms with E-state index >= 15 is 0 Å². The van der Waals surface area contributed by atoms with Crippen LogP contribution in [0.1, 0.15) is 29.2 Å². The fraction of sp³-hybridized carbons (Fsp3) is 0.381. The van der Waals surface area contributed by atoms with E-state index in [4.69, 9.17) is 4.74 Å². The van der Waals surface area contributed by atoms with Crippen LogP contribution < -0.4 is 10.1 Å². The van der Waals surface area contributed by atoms with Crippen molar-refractivity contribution in [1.82, 2.24) is 4.90 Å². The van der Waals surface area contributed by atoms with Gasteiger partial charge in [0.05, 0.1) is 18.6 Å². The molecule has 0 unspecified atom stereocenters. The Labute approximate surface area is 162 Å². The fourth-order valence-electron chi connectivity index (χ4n) is 3.64. The Morgan fingerprint density at radius 3 is 2.61 bits per heavy atom. The van der Waals surface area contributed by atoms with Crippen molar-refractivity contribution in [2.75, 3.05) is 26.0 Å². The Morgan fingerprint density at radius 2 is 1.96 bits per heavy atom. The van der Waals surface area contributed by atoms with Gasteiger partial charge in [0.1, 0.15) is 5.75 Å². The van der Waals surface area contributed by atoms with Gasteiger partial charge in [0.2, 0.25) is 5.91 Å². The highest BCUT2D eigenvalue weighted by molar-refractivity contribution is 5.93. The van der Waals surface area contributed by atoms with Crippen LogP contribution in [0.4, 0.5) is 18.9 Å². The van der Waals surface area contributed by atoms with Gasteiger partial charge < -0.3 is 10.1 Å². The zero-order valence-corrected chi connectivity index (χ0v) is 16.0. The molecule has 2 aromatic rings. The number of methoxy groups -OCH3 is 1. The van der Waals surface area contributed by atoms with E-state index in [1.165, 1.54) is 12.1 Å². The first-order valence-electron chi connectivity index (χ1n) is 9.02. The van der Waals surface area contributed by atoms with Crippen LogP contribution in [-0.4, -0.2) is 31.5 Å². The maximum atomic E-state index is 13.0. The van der Waals surface area contributed by atoms with E-state index in [1.54, 1.807) is 25.3 Å². The van der Waals surface area contributed by atoms with Gasteiger partial charge in [-0.15, -0.1) is 0 Å². The predicted molar refractivity (Wildman–Crippen MR) is 101 cm³/mol. The van der Waals surface area contributed by atoms with Crippen LogP contribution in [0.15, 0.2) is 42.5 Å². The molecule has 1 amide bonds. The molecule has 1 aliphatic rings. The summed E-state index contributed by atoms with van der Waals surface area (Å²) in [7, 11) is 3.41. The molecule has 1 heterocycles. The van der Waals surface area contributed by atoms with Crippen molar-refractivity contribution in [3.8, 4) is 5.75 Å². The smallest absolute Gasteiger partial charge is 0.416 e. The first kappa shape index (κ1) is 20.2. The van der Waals surface area contributed by atoms with Crippen LogP contribution in [0, 0.1) is 12.8 Å². The van der Waals surface area contributed by atoms with Crippen molar-refractivity contribution in [2.24, 2.45) is 5.92 Å². The highest BCUT2D eigenvalue weighted by Gasteiger charge is 2.36. The number of alkyl halides is 3. The van der Waals surface area contributed by atoms with Gasteiger partial charge in [0, 0.05) is 18.3 Å². The normalized spacial score (nSPS) is 20.2. The molecule has 0 bridgehead atoms. The number of likely N-dealkylation sites (tertiary alicyclic amines) is 1. The molecule has 1 saturated heterocycles. The molecule has 2 atom stereocenters. The second kappa shape index (κ2) is 7.83. The summed E-state index contributed by atoms with van der Waals surface area (Å²) in [6, 6.07) is 10.5. The summed E-state index contributed by atoms with van der Waals surface area (Å²) in [4.78, 5) is 14.7.